The zero-order chi connectivity index (χ0) is 10.7. The Balaban J connectivity index is 2.05. The second kappa shape index (κ2) is 4.65. The summed E-state index contributed by atoms with van der Waals surface area (Å²) >= 11 is 0. The maximum absolute atomic E-state index is 13.5. The van der Waals surface area contributed by atoms with Crippen molar-refractivity contribution in [2.45, 2.75) is 45.1 Å². The smallest absolute Gasteiger partial charge is 0.128 e. The summed E-state index contributed by atoms with van der Waals surface area (Å²) in [5.41, 5.74) is 1.73. The fourth-order valence-electron chi connectivity index (χ4n) is 2.23. The summed E-state index contributed by atoms with van der Waals surface area (Å²) in [5.74, 6) is -0.0829. The van der Waals surface area contributed by atoms with Crippen molar-refractivity contribution in [3.8, 4) is 0 Å². The number of rotatable bonds is 3. The molecule has 0 atom stereocenters. The van der Waals surface area contributed by atoms with E-state index in [4.69, 9.17) is 0 Å². The second-order valence-corrected chi connectivity index (χ2v) is 4.29. The summed E-state index contributed by atoms with van der Waals surface area (Å²) in [5, 5.41) is 3.39. The molecule has 1 N–H and O–H groups in total. The summed E-state index contributed by atoms with van der Waals surface area (Å²) in [4.78, 5) is 0. The molecule has 2 rings (SSSR count). The highest BCUT2D eigenvalue weighted by Crippen LogP contribution is 2.23. The van der Waals surface area contributed by atoms with Gasteiger partial charge in [-0.05, 0) is 37.0 Å². The molecular formula is C13H18FN. The zero-order valence-electron chi connectivity index (χ0n) is 9.22. The first-order valence-electron chi connectivity index (χ1n) is 5.84. The van der Waals surface area contributed by atoms with Crippen LogP contribution in [0.25, 0.3) is 0 Å². The predicted octanol–water partition coefficient (Wildman–Crippen LogP) is 3.74. The Hall–Kier alpha value is -1.05. The third-order valence-corrected chi connectivity index (χ3v) is 3.16. The summed E-state index contributed by atoms with van der Waals surface area (Å²) in [6.07, 6.45) is 5.80. The van der Waals surface area contributed by atoms with Crippen molar-refractivity contribution < 1.29 is 4.39 Å². The van der Waals surface area contributed by atoms with Crippen LogP contribution in [0.4, 0.5) is 10.1 Å². The Bertz CT molecular complexity index is 329. The number of nitrogens with one attached hydrogen (secondary N) is 1. The number of aryl methyl sites for hydroxylation is 1. The van der Waals surface area contributed by atoms with Crippen LogP contribution >= 0.6 is 0 Å². The summed E-state index contributed by atoms with van der Waals surface area (Å²) < 4.78 is 13.5. The van der Waals surface area contributed by atoms with E-state index in [0.717, 1.165) is 17.7 Å². The molecule has 1 aliphatic rings. The molecule has 1 aromatic rings. The van der Waals surface area contributed by atoms with E-state index < -0.39 is 0 Å². The third-order valence-electron chi connectivity index (χ3n) is 3.16. The van der Waals surface area contributed by atoms with Gasteiger partial charge < -0.3 is 5.32 Å². The number of anilines is 1. The molecule has 1 aliphatic carbocycles. The molecule has 0 heterocycles. The number of hydrogen-bond donors (Lipinski definition) is 1. The molecule has 0 radical (unpaired) electrons. The molecule has 0 unspecified atom stereocenters. The average Bonchev–Trinajstić information content (AvgIpc) is 2.71. The zero-order valence-corrected chi connectivity index (χ0v) is 9.22. The second-order valence-electron chi connectivity index (χ2n) is 4.29. The molecule has 0 aliphatic heterocycles. The van der Waals surface area contributed by atoms with Crippen LogP contribution in [0.5, 0.6) is 0 Å². The van der Waals surface area contributed by atoms with E-state index in [1.165, 1.54) is 25.7 Å². The van der Waals surface area contributed by atoms with Gasteiger partial charge in [0.05, 0.1) is 0 Å². The molecule has 1 nitrogen and oxygen atoms in total. The van der Waals surface area contributed by atoms with Crippen molar-refractivity contribution in [3.63, 3.8) is 0 Å². The molecule has 1 saturated carbocycles. The largest absolute Gasteiger partial charge is 0.382 e. The monoisotopic (exact) mass is 207 g/mol. The van der Waals surface area contributed by atoms with Crippen LogP contribution in [-0.2, 0) is 6.42 Å². The van der Waals surface area contributed by atoms with E-state index in [0.29, 0.717) is 6.04 Å². The average molecular weight is 207 g/mol. The van der Waals surface area contributed by atoms with Crippen molar-refractivity contribution in [2.24, 2.45) is 0 Å². The highest BCUT2D eigenvalue weighted by atomic mass is 19.1. The minimum atomic E-state index is -0.0829. The van der Waals surface area contributed by atoms with Gasteiger partial charge in [-0.3, -0.25) is 0 Å². The van der Waals surface area contributed by atoms with E-state index in [2.05, 4.69) is 5.32 Å². The van der Waals surface area contributed by atoms with E-state index in [9.17, 15) is 4.39 Å². The Labute approximate surface area is 90.7 Å². The highest BCUT2D eigenvalue weighted by Gasteiger charge is 2.14. The van der Waals surface area contributed by atoms with Crippen molar-refractivity contribution in [1.82, 2.24) is 0 Å². The lowest BCUT2D eigenvalue weighted by Crippen LogP contribution is -2.14. The van der Waals surface area contributed by atoms with Gasteiger partial charge in [-0.1, -0.05) is 25.8 Å². The Morgan fingerprint density at radius 2 is 2.07 bits per heavy atom. The van der Waals surface area contributed by atoms with Crippen molar-refractivity contribution in [3.05, 3.63) is 29.6 Å². The van der Waals surface area contributed by atoms with Crippen molar-refractivity contribution in [2.75, 3.05) is 5.32 Å². The van der Waals surface area contributed by atoms with Crippen LogP contribution in [0, 0.1) is 5.82 Å². The van der Waals surface area contributed by atoms with Gasteiger partial charge in [0.2, 0.25) is 0 Å². The third kappa shape index (κ3) is 2.49. The van der Waals surface area contributed by atoms with Crippen molar-refractivity contribution in [1.29, 1.82) is 0 Å². The summed E-state index contributed by atoms with van der Waals surface area (Å²) in [7, 11) is 0. The summed E-state index contributed by atoms with van der Waals surface area (Å²) in [6.45, 7) is 1.97. The maximum Gasteiger partial charge on any atom is 0.128 e. The molecule has 0 amide bonds. The van der Waals surface area contributed by atoms with E-state index in [1.54, 1.807) is 6.07 Å². The minimum Gasteiger partial charge on any atom is -0.382 e. The van der Waals surface area contributed by atoms with Crippen LogP contribution in [0.2, 0.25) is 0 Å². The minimum absolute atomic E-state index is 0.0829. The molecule has 0 bridgehead atoms. The number of benzene rings is 1. The van der Waals surface area contributed by atoms with Crippen LogP contribution in [0.15, 0.2) is 18.2 Å². The normalized spacial score (nSPS) is 16.9. The molecule has 0 spiro atoms. The lowest BCUT2D eigenvalue weighted by molar-refractivity contribution is 0.612. The van der Waals surface area contributed by atoms with E-state index >= 15 is 0 Å². The van der Waals surface area contributed by atoms with Gasteiger partial charge in [0.15, 0.2) is 0 Å². The highest BCUT2D eigenvalue weighted by molar-refractivity contribution is 5.46. The quantitative estimate of drug-likeness (QED) is 0.796. The van der Waals surface area contributed by atoms with Crippen LogP contribution in [0.3, 0.4) is 0 Å². The lowest BCUT2D eigenvalue weighted by atomic mass is 10.1. The van der Waals surface area contributed by atoms with Gasteiger partial charge in [-0.25, -0.2) is 4.39 Å². The standard InChI is InChI=1S/C13H18FN/c1-2-10-7-8-12(9-13(10)14)15-11-5-3-4-6-11/h7-9,11,15H,2-6H2,1H3. The van der Waals surface area contributed by atoms with Crippen LogP contribution in [-0.4, -0.2) is 6.04 Å². The first kappa shape index (κ1) is 10.5. The van der Waals surface area contributed by atoms with Gasteiger partial charge in [0.25, 0.3) is 0 Å². The Morgan fingerprint density at radius 3 is 2.67 bits per heavy atom. The Morgan fingerprint density at radius 1 is 1.33 bits per heavy atom. The molecular weight excluding hydrogens is 189 g/mol. The lowest BCUT2D eigenvalue weighted by Gasteiger charge is -2.14. The van der Waals surface area contributed by atoms with Gasteiger partial charge in [-0.2, -0.15) is 0 Å². The first-order valence-corrected chi connectivity index (χ1v) is 5.84. The Kier molecular flexibility index (Phi) is 3.24. The molecule has 0 saturated heterocycles. The fraction of sp³-hybridized carbons (Fsp3) is 0.538. The molecule has 82 valence electrons. The van der Waals surface area contributed by atoms with Crippen LogP contribution < -0.4 is 5.32 Å². The fourth-order valence-corrected chi connectivity index (χ4v) is 2.23. The van der Waals surface area contributed by atoms with Crippen molar-refractivity contribution >= 4 is 5.69 Å². The topological polar surface area (TPSA) is 12.0 Å². The van der Waals surface area contributed by atoms with E-state index in [-0.39, 0.29) is 5.82 Å². The van der Waals surface area contributed by atoms with Gasteiger partial charge in [0, 0.05) is 11.7 Å². The number of halogens is 1. The molecule has 0 aromatic heterocycles. The molecule has 1 aromatic carbocycles. The summed E-state index contributed by atoms with van der Waals surface area (Å²) in [6, 6.07) is 6.04. The van der Waals surface area contributed by atoms with Gasteiger partial charge >= 0.3 is 0 Å². The van der Waals surface area contributed by atoms with Gasteiger partial charge in [0.1, 0.15) is 5.82 Å². The first-order chi connectivity index (χ1) is 7.29. The molecule has 2 heteroatoms. The van der Waals surface area contributed by atoms with Crippen LogP contribution in [0.1, 0.15) is 38.2 Å². The maximum atomic E-state index is 13.5. The SMILES string of the molecule is CCc1ccc(NC2CCCC2)cc1F. The number of hydrogen-bond acceptors (Lipinski definition) is 1. The molecule has 1 fully saturated rings. The van der Waals surface area contributed by atoms with Gasteiger partial charge in [-0.15, -0.1) is 0 Å². The van der Waals surface area contributed by atoms with E-state index in [1.807, 2.05) is 19.1 Å². The predicted molar refractivity (Wildman–Crippen MR) is 61.7 cm³/mol. The molecule has 15 heavy (non-hydrogen) atoms.